The van der Waals surface area contributed by atoms with Crippen molar-refractivity contribution in [1.82, 2.24) is 15.1 Å². The molecule has 17 heavy (non-hydrogen) atoms. The van der Waals surface area contributed by atoms with Crippen molar-refractivity contribution < 1.29 is 4.74 Å². The predicted octanol–water partition coefficient (Wildman–Crippen LogP) is 1.97. The topological polar surface area (TPSA) is 39.1 Å². The molecule has 0 spiro atoms. The SMILES string of the molecule is COc1c(CNCCCCSC)c(C)nn1C. The Labute approximate surface area is 108 Å². The summed E-state index contributed by atoms with van der Waals surface area (Å²) in [5, 5.41) is 7.81. The molecule has 0 bridgehead atoms. The van der Waals surface area contributed by atoms with E-state index >= 15 is 0 Å². The van der Waals surface area contributed by atoms with Gasteiger partial charge >= 0.3 is 0 Å². The molecule has 0 aliphatic carbocycles. The number of thioether (sulfide) groups is 1. The summed E-state index contributed by atoms with van der Waals surface area (Å²) in [6.45, 7) is 3.91. The Bertz CT molecular complexity index is 339. The first kappa shape index (κ1) is 14.4. The lowest BCUT2D eigenvalue weighted by Crippen LogP contribution is -2.15. The number of nitrogens with one attached hydrogen (secondary N) is 1. The Hall–Kier alpha value is -0.680. The Morgan fingerprint density at radius 3 is 2.82 bits per heavy atom. The first-order chi connectivity index (χ1) is 8.20. The number of nitrogens with zero attached hydrogens (tertiary/aromatic N) is 2. The van der Waals surface area contributed by atoms with Crippen molar-refractivity contribution in [3.05, 3.63) is 11.3 Å². The summed E-state index contributed by atoms with van der Waals surface area (Å²) in [6.07, 6.45) is 4.65. The van der Waals surface area contributed by atoms with Gasteiger partial charge in [-0.3, -0.25) is 0 Å². The zero-order valence-electron chi connectivity index (χ0n) is 11.2. The van der Waals surface area contributed by atoms with E-state index in [1.54, 1.807) is 11.8 Å². The summed E-state index contributed by atoms with van der Waals surface area (Å²) >= 11 is 1.91. The molecule has 0 radical (unpaired) electrons. The summed E-state index contributed by atoms with van der Waals surface area (Å²) in [4.78, 5) is 0. The molecule has 5 heteroatoms. The fraction of sp³-hybridized carbons (Fsp3) is 0.750. The van der Waals surface area contributed by atoms with E-state index in [-0.39, 0.29) is 0 Å². The molecule has 4 nitrogen and oxygen atoms in total. The van der Waals surface area contributed by atoms with Crippen LogP contribution in [0.15, 0.2) is 0 Å². The van der Waals surface area contributed by atoms with E-state index in [1.807, 2.05) is 25.7 Å². The van der Waals surface area contributed by atoms with Crippen molar-refractivity contribution >= 4 is 11.8 Å². The van der Waals surface area contributed by atoms with E-state index in [1.165, 1.54) is 24.2 Å². The number of hydrogen-bond acceptors (Lipinski definition) is 4. The highest BCUT2D eigenvalue weighted by atomic mass is 32.2. The zero-order chi connectivity index (χ0) is 12.7. The number of aromatic nitrogens is 2. The average Bonchev–Trinajstić information content (AvgIpc) is 2.58. The summed E-state index contributed by atoms with van der Waals surface area (Å²) in [6, 6.07) is 0. The third kappa shape index (κ3) is 4.24. The number of unbranched alkanes of at least 4 members (excludes halogenated alkanes) is 1. The second-order valence-electron chi connectivity index (χ2n) is 4.07. The maximum atomic E-state index is 5.35. The van der Waals surface area contributed by atoms with Crippen LogP contribution in [0, 0.1) is 6.92 Å². The summed E-state index contributed by atoms with van der Waals surface area (Å²) in [5.74, 6) is 2.11. The smallest absolute Gasteiger partial charge is 0.216 e. The maximum absolute atomic E-state index is 5.35. The molecule has 1 N–H and O–H groups in total. The van der Waals surface area contributed by atoms with Crippen LogP contribution < -0.4 is 10.1 Å². The van der Waals surface area contributed by atoms with Crippen LogP contribution in [0.25, 0.3) is 0 Å². The minimum absolute atomic E-state index is 0.835. The van der Waals surface area contributed by atoms with Crippen molar-refractivity contribution in [2.45, 2.75) is 26.3 Å². The lowest BCUT2D eigenvalue weighted by molar-refractivity contribution is 0.368. The van der Waals surface area contributed by atoms with Gasteiger partial charge in [-0.25, -0.2) is 4.68 Å². The van der Waals surface area contributed by atoms with Crippen molar-refractivity contribution in [2.75, 3.05) is 25.7 Å². The standard InChI is InChI=1S/C12H23N3OS/c1-10-11(12(16-3)15(2)14-10)9-13-7-5-6-8-17-4/h13H,5-9H2,1-4H3. The van der Waals surface area contributed by atoms with Gasteiger partial charge in [-0.1, -0.05) is 0 Å². The fourth-order valence-electron chi connectivity index (χ4n) is 1.85. The fourth-order valence-corrected chi connectivity index (χ4v) is 2.34. The van der Waals surface area contributed by atoms with Crippen LogP contribution in [0.1, 0.15) is 24.1 Å². The monoisotopic (exact) mass is 257 g/mol. The van der Waals surface area contributed by atoms with Crippen molar-refractivity contribution in [3.8, 4) is 5.88 Å². The van der Waals surface area contributed by atoms with Gasteiger partial charge in [0.05, 0.1) is 18.4 Å². The second kappa shape index (κ2) is 7.61. The van der Waals surface area contributed by atoms with Gasteiger partial charge in [0.15, 0.2) is 0 Å². The number of hydrogen-bond donors (Lipinski definition) is 1. The summed E-state index contributed by atoms with van der Waals surface area (Å²) < 4.78 is 7.14. The molecular formula is C12H23N3OS. The molecule has 0 atom stereocenters. The van der Waals surface area contributed by atoms with Gasteiger partial charge < -0.3 is 10.1 Å². The Morgan fingerprint density at radius 1 is 1.41 bits per heavy atom. The third-order valence-electron chi connectivity index (χ3n) is 2.74. The predicted molar refractivity (Wildman–Crippen MR) is 73.8 cm³/mol. The average molecular weight is 257 g/mol. The molecule has 0 saturated heterocycles. The van der Waals surface area contributed by atoms with Gasteiger partial charge in [0, 0.05) is 13.6 Å². The van der Waals surface area contributed by atoms with Gasteiger partial charge in [0.25, 0.3) is 0 Å². The van der Waals surface area contributed by atoms with Gasteiger partial charge in [0.2, 0.25) is 5.88 Å². The lowest BCUT2D eigenvalue weighted by Gasteiger charge is -2.06. The first-order valence-electron chi connectivity index (χ1n) is 5.96. The van der Waals surface area contributed by atoms with Crippen molar-refractivity contribution in [1.29, 1.82) is 0 Å². The zero-order valence-corrected chi connectivity index (χ0v) is 12.1. The van der Waals surface area contributed by atoms with E-state index in [0.29, 0.717) is 0 Å². The molecule has 0 aliphatic heterocycles. The highest BCUT2D eigenvalue weighted by Crippen LogP contribution is 2.20. The molecule has 1 heterocycles. The first-order valence-corrected chi connectivity index (χ1v) is 7.36. The van der Waals surface area contributed by atoms with Crippen molar-refractivity contribution in [2.24, 2.45) is 7.05 Å². The molecule has 0 amide bonds. The number of rotatable bonds is 8. The minimum Gasteiger partial charge on any atom is -0.481 e. The van der Waals surface area contributed by atoms with Crippen LogP contribution in [0.5, 0.6) is 5.88 Å². The number of aryl methyl sites for hydroxylation is 2. The van der Waals surface area contributed by atoms with E-state index in [0.717, 1.165) is 24.7 Å². The van der Waals surface area contributed by atoms with E-state index < -0.39 is 0 Å². The Kier molecular flexibility index (Phi) is 6.44. The molecule has 1 aromatic rings. The number of ether oxygens (including phenoxy) is 1. The van der Waals surface area contributed by atoms with Crippen LogP contribution in [0.4, 0.5) is 0 Å². The Balaban J connectivity index is 2.36. The highest BCUT2D eigenvalue weighted by Gasteiger charge is 2.12. The van der Waals surface area contributed by atoms with Crippen LogP contribution >= 0.6 is 11.8 Å². The molecule has 0 aromatic carbocycles. The van der Waals surface area contributed by atoms with E-state index in [4.69, 9.17) is 4.74 Å². The van der Waals surface area contributed by atoms with Crippen LogP contribution in [0.3, 0.4) is 0 Å². The van der Waals surface area contributed by atoms with E-state index in [9.17, 15) is 0 Å². The summed E-state index contributed by atoms with van der Waals surface area (Å²) in [7, 11) is 3.60. The van der Waals surface area contributed by atoms with Gasteiger partial charge in [-0.15, -0.1) is 0 Å². The molecular weight excluding hydrogens is 234 g/mol. The molecule has 98 valence electrons. The van der Waals surface area contributed by atoms with Gasteiger partial charge in [-0.2, -0.15) is 16.9 Å². The minimum atomic E-state index is 0.835. The molecule has 0 aliphatic rings. The largest absolute Gasteiger partial charge is 0.481 e. The lowest BCUT2D eigenvalue weighted by atomic mass is 10.2. The number of methoxy groups -OCH3 is 1. The van der Waals surface area contributed by atoms with Gasteiger partial charge in [-0.05, 0) is 38.3 Å². The molecule has 1 rings (SSSR count). The maximum Gasteiger partial charge on any atom is 0.216 e. The second-order valence-corrected chi connectivity index (χ2v) is 5.06. The normalized spacial score (nSPS) is 10.8. The van der Waals surface area contributed by atoms with Crippen molar-refractivity contribution in [3.63, 3.8) is 0 Å². The molecule has 1 aromatic heterocycles. The summed E-state index contributed by atoms with van der Waals surface area (Å²) in [5.41, 5.74) is 2.21. The Morgan fingerprint density at radius 2 is 2.18 bits per heavy atom. The third-order valence-corrected chi connectivity index (χ3v) is 3.43. The van der Waals surface area contributed by atoms with Crippen LogP contribution in [0.2, 0.25) is 0 Å². The molecule has 0 fully saturated rings. The van der Waals surface area contributed by atoms with Gasteiger partial charge in [0.1, 0.15) is 0 Å². The quantitative estimate of drug-likeness (QED) is 0.723. The molecule has 0 saturated carbocycles. The van der Waals surface area contributed by atoms with Crippen LogP contribution in [-0.2, 0) is 13.6 Å². The molecule has 0 unspecified atom stereocenters. The van der Waals surface area contributed by atoms with Crippen LogP contribution in [-0.4, -0.2) is 35.4 Å². The highest BCUT2D eigenvalue weighted by molar-refractivity contribution is 7.98. The van der Waals surface area contributed by atoms with E-state index in [2.05, 4.69) is 16.7 Å².